The molecule has 74 valence electrons. The number of ether oxygens (including phenoxy) is 1. The molecule has 1 atom stereocenters. The quantitative estimate of drug-likeness (QED) is 0.696. The minimum absolute atomic E-state index is 0.0430. The molecule has 1 aliphatic rings. The van der Waals surface area contributed by atoms with Gasteiger partial charge in [-0.05, 0) is 24.6 Å². The predicted molar refractivity (Wildman–Crippen MR) is 51.1 cm³/mol. The zero-order chi connectivity index (χ0) is 10.1. The van der Waals surface area contributed by atoms with Gasteiger partial charge in [0.1, 0.15) is 5.75 Å². The summed E-state index contributed by atoms with van der Waals surface area (Å²) in [7, 11) is 0. The van der Waals surface area contributed by atoms with Crippen molar-refractivity contribution in [2.45, 2.75) is 19.6 Å². The number of anilines is 1. The van der Waals surface area contributed by atoms with Crippen molar-refractivity contribution in [3.63, 3.8) is 0 Å². The zero-order valence-corrected chi connectivity index (χ0v) is 7.78. The van der Waals surface area contributed by atoms with Crippen molar-refractivity contribution in [2.75, 3.05) is 5.32 Å². The van der Waals surface area contributed by atoms with E-state index in [2.05, 4.69) is 5.32 Å². The number of carbonyl (C=O) groups is 1. The van der Waals surface area contributed by atoms with E-state index in [0.717, 1.165) is 5.56 Å². The van der Waals surface area contributed by atoms with E-state index in [1.54, 1.807) is 25.1 Å². The fourth-order valence-electron chi connectivity index (χ4n) is 1.35. The van der Waals surface area contributed by atoms with Crippen molar-refractivity contribution in [2.24, 2.45) is 0 Å². The van der Waals surface area contributed by atoms with E-state index in [-0.39, 0.29) is 12.5 Å². The fourth-order valence-corrected chi connectivity index (χ4v) is 1.35. The van der Waals surface area contributed by atoms with Gasteiger partial charge >= 0.3 is 0 Å². The van der Waals surface area contributed by atoms with Crippen LogP contribution < -0.4 is 10.1 Å². The summed E-state index contributed by atoms with van der Waals surface area (Å²) in [5.74, 6) is 0.488. The second-order valence-corrected chi connectivity index (χ2v) is 3.24. The average Bonchev–Trinajstić information content (AvgIpc) is 2.19. The SMILES string of the molecule is CC1Oc2ccc(CO)cc2NC1=O. The third-order valence-electron chi connectivity index (χ3n) is 2.16. The van der Waals surface area contributed by atoms with E-state index < -0.39 is 6.10 Å². The first kappa shape index (κ1) is 9.02. The van der Waals surface area contributed by atoms with Gasteiger partial charge < -0.3 is 15.2 Å². The van der Waals surface area contributed by atoms with Crippen LogP contribution in [0.4, 0.5) is 5.69 Å². The summed E-state index contributed by atoms with van der Waals surface area (Å²) in [6.45, 7) is 1.65. The zero-order valence-electron chi connectivity index (χ0n) is 7.78. The van der Waals surface area contributed by atoms with Crippen LogP contribution in [0.2, 0.25) is 0 Å². The first-order valence-electron chi connectivity index (χ1n) is 4.42. The van der Waals surface area contributed by atoms with Gasteiger partial charge in [-0.25, -0.2) is 0 Å². The van der Waals surface area contributed by atoms with Crippen LogP contribution in [0.15, 0.2) is 18.2 Å². The topological polar surface area (TPSA) is 58.6 Å². The summed E-state index contributed by atoms with van der Waals surface area (Å²) >= 11 is 0. The van der Waals surface area contributed by atoms with E-state index in [0.29, 0.717) is 11.4 Å². The molecule has 4 heteroatoms. The molecule has 2 rings (SSSR count). The maximum atomic E-state index is 11.3. The van der Waals surface area contributed by atoms with E-state index in [1.807, 2.05) is 0 Å². The molecule has 0 fully saturated rings. The molecular formula is C10H11NO3. The van der Waals surface area contributed by atoms with Crippen molar-refractivity contribution in [1.82, 2.24) is 0 Å². The van der Waals surface area contributed by atoms with Gasteiger partial charge in [0, 0.05) is 0 Å². The molecular weight excluding hydrogens is 182 g/mol. The number of fused-ring (bicyclic) bond motifs is 1. The summed E-state index contributed by atoms with van der Waals surface area (Å²) in [5, 5.41) is 11.6. The highest BCUT2D eigenvalue weighted by Crippen LogP contribution is 2.30. The Labute approximate surface area is 81.5 Å². The van der Waals surface area contributed by atoms with Gasteiger partial charge in [0.15, 0.2) is 6.10 Å². The van der Waals surface area contributed by atoms with Crippen LogP contribution in [0, 0.1) is 0 Å². The van der Waals surface area contributed by atoms with Crippen molar-refractivity contribution < 1.29 is 14.6 Å². The van der Waals surface area contributed by atoms with Crippen LogP contribution in [0.3, 0.4) is 0 Å². The second-order valence-electron chi connectivity index (χ2n) is 3.24. The van der Waals surface area contributed by atoms with Gasteiger partial charge in [-0.1, -0.05) is 6.07 Å². The summed E-state index contributed by atoms with van der Waals surface area (Å²) < 4.78 is 5.35. The molecule has 1 aromatic rings. The van der Waals surface area contributed by atoms with Crippen molar-refractivity contribution in [3.8, 4) is 5.75 Å². The monoisotopic (exact) mass is 193 g/mol. The Balaban J connectivity index is 2.37. The molecule has 0 aliphatic carbocycles. The summed E-state index contributed by atoms with van der Waals surface area (Å²) in [4.78, 5) is 11.3. The highest BCUT2D eigenvalue weighted by Gasteiger charge is 2.23. The summed E-state index contributed by atoms with van der Waals surface area (Å²) in [6.07, 6.45) is -0.456. The van der Waals surface area contributed by atoms with Gasteiger partial charge in [0.2, 0.25) is 0 Å². The van der Waals surface area contributed by atoms with Gasteiger partial charge in [-0.15, -0.1) is 0 Å². The van der Waals surface area contributed by atoms with Crippen LogP contribution in [0.25, 0.3) is 0 Å². The largest absolute Gasteiger partial charge is 0.479 e. The third-order valence-corrected chi connectivity index (χ3v) is 2.16. The molecule has 1 amide bonds. The highest BCUT2D eigenvalue weighted by atomic mass is 16.5. The van der Waals surface area contributed by atoms with Crippen LogP contribution in [0.5, 0.6) is 5.75 Å². The Hall–Kier alpha value is -1.55. The summed E-state index contributed by atoms with van der Waals surface area (Å²) in [6, 6.07) is 5.22. The Morgan fingerprint density at radius 1 is 1.57 bits per heavy atom. The molecule has 14 heavy (non-hydrogen) atoms. The van der Waals surface area contributed by atoms with E-state index in [1.165, 1.54) is 0 Å². The molecule has 0 radical (unpaired) electrons. The van der Waals surface area contributed by atoms with Crippen LogP contribution in [-0.2, 0) is 11.4 Å². The molecule has 1 heterocycles. The molecule has 1 unspecified atom stereocenters. The number of aliphatic hydroxyl groups excluding tert-OH is 1. The smallest absolute Gasteiger partial charge is 0.265 e. The standard InChI is InChI=1S/C10H11NO3/c1-6-10(13)11-8-4-7(5-12)2-3-9(8)14-6/h2-4,6,12H,5H2,1H3,(H,11,13). The number of carbonyl (C=O) groups excluding carboxylic acids is 1. The normalized spacial score (nSPS) is 19.6. The van der Waals surface area contributed by atoms with Gasteiger partial charge in [0.25, 0.3) is 5.91 Å². The summed E-state index contributed by atoms with van der Waals surface area (Å²) in [5.41, 5.74) is 1.38. The molecule has 2 N–H and O–H groups in total. The lowest BCUT2D eigenvalue weighted by molar-refractivity contribution is -0.122. The maximum Gasteiger partial charge on any atom is 0.265 e. The Kier molecular flexibility index (Phi) is 2.13. The molecule has 0 spiro atoms. The molecule has 4 nitrogen and oxygen atoms in total. The predicted octanol–water partition coefficient (Wildman–Crippen LogP) is 0.898. The van der Waals surface area contributed by atoms with Crippen molar-refractivity contribution in [3.05, 3.63) is 23.8 Å². The molecule has 0 aromatic heterocycles. The minimum Gasteiger partial charge on any atom is -0.479 e. The lowest BCUT2D eigenvalue weighted by atomic mass is 10.1. The number of hydrogen-bond acceptors (Lipinski definition) is 3. The van der Waals surface area contributed by atoms with Gasteiger partial charge in [-0.3, -0.25) is 4.79 Å². The fraction of sp³-hybridized carbons (Fsp3) is 0.300. The number of aliphatic hydroxyl groups is 1. The van der Waals surface area contributed by atoms with Crippen LogP contribution >= 0.6 is 0 Å². The van der Waals surface area contributed by atoms with E-state index in [9.17, 15) is 4.79 Å². The number of rotatable bonds is 1. The van der Waals surface area contributed by atoms with Crippen LogP contribution in [-0.4, -0.2) is 17.1 Å². The molecule has 1 aliphatic heterocycles. The second kappa shape index (κ2) is 3.31. The molecule has 1 aromatic carbocycles. The Morgan fingerprint density at radius 3 is 3.07 bits per heavy atom. The Morgan fingerprint density at radius 2 is 2.36 bits per heavy atom. The van der Waals surface area contributed by atoms with Crippen molar-refractivity contribution >= 4 is 11.6 Å². The average molecular weight is 193 g/mol. The molecule has 0 bridgehead atoms. The highest BCUT2D eigenvalue weighted by molar-refractivity contribution is 5.97. The Bertz CT molecular complexity index is 376. The number of amides is 1. The molecule has 0 saturated carbocycles. The van der Waals surface area contributed by atoms with Crippen molar-refractivity contribution in [1.29, 1.82) is 0 Å². The number of nitrogens with one attached hydrogen (secondary N) is 1. The number of hydrogen-bond donors (Lipinski definition) is 2. The molecule has 0 saturated heterocycles. The number of benzene rings is 1. The van der Waals surface area contributed by atoms with Gasteiger partial charge in [0.05, 0.1) is 12.3 Å². The lowest BCUT2D eigenvalue weighted by Crippen LogP contribution is -2.34. The first-order chi connectivity index (χ1) is 6.70. The third kappa shape index (κ3) is 1.44. The lowest BCUT2D eigenvalue weighted by Gasteiger charge is -2.23. The van der Waals surface area contributed by atoms with Crippen LogP contribution in [0.1, 0.15) is 12.5 Å². The van der Waals surface area contributed by atoms with E-state index >= 15 is 0 Å². The van der Waals surface area contributed by atoms with E-state index in [4.69, 9.17) is 9.84 Å². The first-order valence-corrected chi connectivity index (χ1v) is 4.42. The van der Waals surface area contributed by atoms with Gasteiger partial charge in [-0.2, -0.15) is 0 Å². The minimum atomic E-state index is -0.456. The maximum absolute atomic E-state index is 11.3.